The molecule has 1 aromatic heterocycles. The van der Waals surface area contributed by atoms with E-state index in [-0.39, 0.29) is 5.69 Å². The van der Waals surface area contributed by atoms with Crippen LogP contribution < -0.4 is 5.32 Å². The maximum absolute atomic E-state index is 12.8. The minimum atomic E-state index is -1.10. The molecule has 0 spiro atoms. The average molecular weight is 391 g/mol. The van der Waals surface area contributed by atoms with Crippen molar-refractivity contribution in [1.29, 1.82) is 5.26 Å². The fraction of sp³-hybridized carbons (Fsp3) is 0.474. The van der Waals surface area contributed by atoms with Gasteiger partial charge < -0.3 is 10.4 Å². The van der Waals surface area contributed by atoms with Gasteiger partial charge in [0.25, 0.3) is 5.91 Å². The highest BCUT2D eigenvalue weighted by Crippen LogP contribution is 2.25. The number of hydrogen-bond acceptors (Lipinski definition) is 4. The molecule has 2 rings (SSSR count). The zero-order valence-corrected chi connectivity index (χ0v) is 16.4. The van der Waals surface area contributed by atoms with Crippen LogP contribution in [0.1, 0.15) is 50.5 Å². The third kappa shape index (κ3) is 4.98. The highest BCUT2D eigenvalue weighted by molar-refractivity contribution is 6.31. The number of aryl methyl sites for hydroxylation is 1. The third-order valence-electron chi connectivity index (χ3n) is 4.22. The molecule has 0 fully saturated rings. The number of nitrogens with zero attached hydrogens (tertiary/aromatic N) is 3. The zero-order chi connectivity index (χ0) is 20.2. The Labute approximate surface area is 162 Å². The van der Waals surface area contributed by atoms with Crippen LogP contribution in [-0.4, -0.2) is 32.8 Å². The number of amides is 1. The number of nitrogens with one attached hydrogen (secondary N) is 1. The van der Waals surface area contributed by atoms with Crippen LogP contribution in [0.25, 0.3) is 10.9 Å². The van der Waals surface area contributed by atoms with E-state index < -0.39 is 23.3 Å². The summed E-state index contributed by atoms with van der Waals surface area (Å²) in [7, 11) is 0. The Kier molecular flexibility index (Phi) is 6.45. The summed E-state index contributed by atoms with van der Waals surface area (Å²) in [5.74, 6) is -1.66. The summed E-state index contributed by atoms with van der Waals surface area (Å²) in [5.41, 5.74) is 0.224. The Morgan fingerprint density at radius 3 is 2.67 bits per heavy atom. The lowest BCUT2D eigenvalue weighted by molar-refractivity contribution is -0.142. The number of carboxylic acid groups (broad SMARTS) is 1. The van der Waals surface area contributed by atoms with Crippen LogP contribution in [0.15, 0.2) is 18.2 Å². The second kappa shape index (κ2) is 8.40. The van der Waals surface area contributed by atoms with Gasteiger partial charge in [0.05, 0.1) is 11.6 Å². The fourth-order valence-corrected chi connectivity index (χ4v) is 2.98. The molecule has 2 N–H and O–H groups in total. The number of fused-ring (bicyclic) bond motifs is 1. The molecule has 0 aliphatic rings. The molecular formula is C19H23ClN4O3. The van der Waals surface area contributed by atoms with Crippen LogP contribution in [0.5, 0.6) is 0 Å². The highest BCUT2D eigenvalue weighted by atomic mass is 35.5. The summed E-state index contributed by atoms with van der Waals surface area (Å²) in [6.45, 7) is 5.78. The lowest BCUT2D eigenvalue weighted by atomic mass is 9.86. The van der Waals surface area contributed by atoms with Gasteiger partial charge in [-0.05, 0) is 36.5 Å². The van der Waals surface area contributed by atoms with Crippen LogP contribution >= 0.6 is 11.6 Å². The number of halogens is 1. The molecule has 0 bridgehead atoms. The van der Waals surface area contributed by atoms with E-state index in [4.69, 9.17) is 16.9 Å². The molecule has 0 saturated carbocycles. The summed E-state index contributed by atoms with van der Waals surface area (Å²) in [5, 5.41) is 26.1. The van der Waals surface area contributed by atoms with Crippen LogP contribution in [-0.2, 0) is 11.3 Å². The number of hydrogen-bond donors (Lipinski definition) is 2. The minimum Gasteiger partial charge on any atom is -0.480 e. The molecular weight excluding hydrogens is 368 g/mol. The van der Waals surface area contributed by atoms with E-state index in [2.05, 4.69) is 16.5 Å². The molecule has 0 radical (unpaired) electrons. The van der Waals surface area contributed by atoms with E-state index in [1.54, 1.807) is 43.7 Å². The topological polar surface area (TPSA) is 108 Å². The molecule has 7 nitrogen and oxygen atoms in total. The van der Waals surface area contributed by atoms with Gasteiger partial charge in [-0.1, -0.05) is 32.4 Å². The third-order valence-corrected chi connectivity index (χ3v) is 4.46. The van der Waals surface area contributed by atoms with Gasteiger partial charge in [-0.25, -0.2) is 4.79 Å². The summed E-state index contributed by atoms with van der Waals surface area (Å²) in [6, 6.07) is 6.19. The van der Waals surface area contributed by atoms with Crippen molar-refractivity contribution >= 4 is 34.4 Å². The first kappa shape index (κ1) is 20.7. The normalized spacial score (nSPS) is 12.6. The molecule has 8 heteroatoms. The van der Waals surface area contributed by atoms with Gasteiger partial charge in [0, 0.05) is 23.4 Å². The number of aliphatic carboxylic acids is 1. The molecule has 2 aromatic rings. The summed E-state index contributed by atoms with van der Waals surface area (Å²) in [6.07, 6.45) is 1.94. The lowest BCUT2D eigenvalue weighted by Gasteiger charge is -2.27. The lowest BCUT2D eigenvalue weighted by Crippen LogP contribution is -2.49. The molecule has 0 aliphatic carbocycles. The first-order valence-corrected chi connectivity index (χ1v) is 9.09. The van der Waals surface area contributed by atoms with Gasteiger partial charge in [-0.15, -0.1) is 0 Å². The number of nitriles is 1. The van der Waals surface area contributed by atoms with E-state index in [0.717, 1.165) is 18.4 Å². The van der Waals surface area contributed by atoms with Crippen LogP contribution in [0.2, 0.25) is 5.02 Å². The van der Waals surface area contributed by atoms with Crippen molar-refractivity contribution < 1.29 is 14.7 Å². The second-order valence-electron chi connectivity index (χ2n) is 7.46. The smallest absolute Gasteiger partial charge is 0.326 e. The molecule has 144 valence electrons. The second-order valence-corrected chi connectivity index (χ2v) is 7.90. The molecule has 1 atom stereocenters. The van der Waals surface area contributed by atoms with Crippen molar-refractivity contribution in [3.8, 4) is 6.07 Å². The van der Waals surface area contributed by atoms with Crippen LogP contribution in [0, 0.1) is 16.7 Å². The van der Waals surface area contributed by atoms with Gasteiger partial charge in [-0.2, -0.15) is 10.4 Å². The van der Waals surface area contributed by atoms with E-state index in [1.807, 2.05) is 0 Å². The van der Waals surface area contributed by atoms with E-state index in [1.165, 1.54) is 0 Å². The number of aromatic nitrogens is 2. The monoisotopic (exact) mass is 390 g/mol. The number of unbranched alkanes of at least 4 members (excludes halogenated alkanes) is 2. The van der Waals surface area contributed by atoms with Crippen molar-refractivity contribution in [3.05, 3.63) is 28.9 Å². The number of carboxylic acids is 1. The van der Waals surface area contributed by atoms with Crippen molar-refractivity contribution in [2.75, 3.05) is 0 Å². The fourth-order valence-electron chi connectivity index (χ4n) is 2.80. The van der Waals surface area contributed by atoms with E-state index >= 15 is 0 Å². The predicted molar refractivity (Wildman–Crippen MR) is 103 cm³/mol. The first-order valence-electron chi connectivity index (χ1n) is 8.72. The van der Waals surface area contributed by atoms with Crippen molar-refractivity contribution in [1.82, 2.24) is 15.1 Å². The predicted octanol–water partition coefficient (Wildman–Crippen LogP) is 3.61. The van der Waals surface area contributed by atoms with E-state index in [9.17, 15) is 14.7 Å². The Bertz CT molecular complexity index is 893. The Morgan fingerprint density at radius 1 is 1.37 bits per heavy atom. The summed E-state index contributed by atoms with van der Waals surface area (Å²) < 4.78 is 1.70. The number of rotatable bonds is 7. The molecule has 1 heterocycles. The Hall–Kier alpha value is -2.59. The van der Waals surface area contributed by atoms with Gasteiger partial charge in [0.1, 0.15) is 6.04 Å². The van der Waals surface area contributed by atoms with E-state index in [0.29, 0.717) is 23.4 Å². The van der Waals surface area contributed by atoms with Gasteiger partial charge in [0.15, 0.2) is 5.69 Å². The molecule has 0 aliphatic heterocycles. The van der Waals surface area contributed by atoms with Crippen molar-refractivity contribution in [3.63, 3.8) is 0 Å². The summed E-state index contributed by atoms with van der Waals surface area (Å²) >= 11 is 6.08. The van der Waals surface area contributed by atoms with Gasteiger partial charge in [-0.3, -0.25) is 9.48 Å². The number of carbonyl (C=O) groups is 2. The largest absolute Gasteiger partial charge is 0.480 e. The molecule has 1 unspecified atom stereocenters. The van der Waals surface area contributed by atoms with Crippen LogP contribution in [0.4, 0.5) is 0 Å². The van der Waals surface area contributed by atoms with Gasteiger partial charge in [0.2, 0.25) is 0 Å². The maximum Gasteiger partial charge on any atom is 0.326 e. The zero-order valence-electron chi connectivity index (χ0n) is 15.6. The van der Waals surface area contributed by atoms with Crippen molar-refractivity contribution in [2.45, 2.75) is 52.6 Å². The quantitative estimate of drug-likeness (QED) is 0.702. The number of carbonyl (C=O) groups excluding carboxylic acids is 1. The molecule has 1 amide bonds. The van der Waals surface area contributed by atoms with Gasteiger partial charge >= 0.3 is 5.97 Å². The van der Waals surface area contributed by atoms with Crippen LogP contribution in [0.3, 0.4) is 0 Å². The van der Waals surface area contributed by atoms with Crippen molar-refractivity contribution in [2.24, 2.45) is 5.41 Å². The number of benzene rings is 1. The summed E-state index contributed by atoms with van der Waals surface area (Å²) in [4.78, 5) is 24.3. The maximum atomic E-state index is 12.8. The molecule has 1 aromatic carbocycles. The molecule has 0 saturated heterocycles. The Morgan fingerprint density at radius 2 is 2.07 bits per heavy atom. The first-order chi connectivity index (χ1) is 12.6. The SMILES string of the molecule is CC(C)(C)C(NC(=O)c1nn(CCCCC#N)c2ccc(Cl)cc12)C(=O)O. The standard InChI is InChI=1S/C19H23ClN4O3/c1-19(2,3)16(18(26)27)22-17(25)15-13-11-12(20)7-8-14(13)24(23-15)10-6-4-5-9-21/h7-8,11,16H,4-6,10H2,1-3H3,(H,22,25)(H,26,27). The highest BCUT2D eigenvalue weighted by Gasteiger charge is 2.33. The average Bonchev–Trinajstić information content (AvgIpc) is 2.93. The Balaban J connectivity index is 2.36. The minimum absolute atomic E-state index is 0.142. The molecule has 27 heavy (non-hydrogen) atoms.